The van der Waals surface area contributed by atoms with Crippen LogP contribution in [0, 0.1) is 47.3 Å². The molecule has 4 aliphatic rings. The smallest absolute Gasteiger partial charge is 0.317 e. The van der Waals surface area contributed by atoms with Crippen molar-refractivity contribution in [2.45, 2.75) is 64.9 Å². The Labute approximate surface area is 144 Å². The van der Waals surface area contributed by atoms with Gasteiger partial charge in [0, 0.05) is 11.8 Å². The van der Waals surface area contributed by atoms with Crippen LogP contribution in [-0.2, 0) is 14.3 Å². The molecule has 0 saturated heterocycles. The predicted molar refractivity (Wildman–Crippen MR) is 89.1 cm³/mol. The van der Waals surface area contributed by atoms with Gasteiger partial charge in [0.05, 0.1) is 0 Å². The van der Waals surface area contributed by atoms with Crippen LogP contribution < -0.4 is 0 Å². The molecule has 4 saturated carbocycles. The highest BCUT2D eigenvalue weighted by Gasteiger charge is 2.57. The van der Waals surface area contributed by atoms with Gasteiger partial charge in [-0.05, 0) is 74.0 Å². The minimum atomic E-state index is -1.08. The molecule has 0 aromatic carbocycles. The van der Waals surface area contributed by atoms with Crippen molar-refractivity contribution in [2.75, 3.05) is 0 Å². The number of ether oxygens (including phenoxy) is 1. The normalized spacial score (nSPS) is 47.1. The summed E-state index contributed by atoms with van der Waals surface area (Å²) in [7, 11) is 0. The van der Waals surface area contributed by atoms with E-state index in [1.54, 1.807) is 0 Å². The molecular weight excluding hydrogens is 304 g/mol. The zero-order chi connectivity index (χ0) is 17.0. The molecule has 0 spiro atoms. The van der Waals surface area contributed by atoms with Gasteiger partial charge in [0.2, 0.25) is 0 Å². The number of carboxylic acids is 1. The quantitative estimate of drug-likeness (QED) is 0.614. The molecule has 0 aliphatic heterocycles. The zero-order valence-corrected chi connectivity index (χ0v) is 14.8. The third-order valence-electron chi connectivity index (χ3n) is 8.14. The molecule has 0 heterocycles. The molecule has 8 unspecified atom stereocenters. The maximum Gasteiger partial charge on any atom is 0.317 e. The molecule has 8 atom stereocenters. The fourth-order valence-electron chi connectivity index (χ4n) is 7.11. The van der Waals surface area contributed by atoms with E-state index in [1.165, 1.54) is 38.5 Å². The van der Waals surface area contributed by atoms with Crippen molar-refractivity contribution in [1.29, 1.82) is 0 Å². The highest BCUT2D eigenvalue weighted by Crippen LogP contribution is 2.60. The van der Waals surface area contributed by atoms with Crippen LogP contribution in [0.25, 0.3) is 0 Å². The molecule has 1 N–H and O–H groups in total. The summed E-state index contributed by atoms with van der Waals surface area (Å²) >= 11 is 0. The molecule has 0 aromatic rings. The average Bonchev–Trinajstić information content (AvgIpc) is 3.25. The van der Waals surface area contributed by atoms with Crippen LogP contribution in [0.4, 0.5) is 0 Å². The maximum atomic E-state index is 12.2. The topological polar surface area (TPSA) is 63.6 Å². The van der Waals surface area contributed by atoms with Crippen molar-refractivity contribution >= 4 is 11.9 Å². The number of carbonyl (C=O) groups is 2. The van der Waals surface area contributed by atoms with Gasteiger partial charge in [-0.3, -0.25) is 9.59 Å². The highest BCUT2D eigenvalue weighted by atomic mass is 16.5. The van der Waals surface area contributed by atoms with E-state index in [4.69, 9.17) is 9.84 Å². The lowest BCUT2D eigenvalue weighted by Gasteiger charge is -2.42. The molecule has 0 radical (unpaired) electrons. The second kappa shape index (κ2) is 6.03. The summed E-state index contributed by atoms with van der Waals surface area (Å²) in [6.07, 6.45) is 7.20. The van der Waals surface area contributed by atoms with Gasteiger partial charge in [0.15, 0.2) is 0 Å². The van der Waals surface area contributed by atoms with Crippen molar-refractivity contribution < 1.29 is 19.4 Å². The third kappa shape index (κ3) is 2.57. The lowest BCUT2D eigenvalue weighted by Crippen LogP contribution is -2.44. The molecule has 4 rings (SSSR count). The third-order valence-corrected chi connectivity index (χ3v) is 8.14. The molecule has 4 heteroatoms. The van der Waals surface area contributed by atoms with E-state index in [-0.39, 0.29) is 6.10 Å². The summed E-state index contributed by atoms with van der Waals surface area (Å²) in [5, 5.41) is 8.94. The van der Waals surface area contributed by atoms with Crippen LogP contribution >= 0.6 is 0 Å². The van der Waals surface area contributed by atoms with Gasteiger partial charge in [-0.2, -0.15) is 0 Å². The molecule has 4 aliphatic carbocycles. The van der Waals surface area contributed by atoms with Gasteiger partial charge >= 0.3 is 11.9 Å². The lowest BCUT2D eigenvalue weighted by molar-refractivity contribution is -0.165. The first-order valence-corrected chi connectivity index (χ1v) is 9.87. The second-order valence-corrected chi connectivity index (χ2v) is 9.06. The van der Waals surface area contributed by atoms with Crippen molar-refractivity contribution in [2.24, 2.45) is 47.3 Å². The van der Waals surface area contributed by atoms with Gasteiger partial charge in [0.1, 0.15) is 12.5 Å². The fraction of sp³-hybridized carbons (Fsp3) is 0.900. The monoisotopic (exact) mass is 334 g/mol. The second-order valence-electron chi connectivity index (χ2n) is 9.06. The fourth-order valence-corrected chi connectivity index (χ4v) is 7.11. The molecule has 134 valence electrons. The molecule has 24 heavy (non-hydrogen) atoms. The van der Waals surface area contributed by atoms with E-state index < -0.39 is 18.4 Å². The number of esters is 1. The molecule has 4 nitrogen and oxygen atoms in total. The van der Waals surface area contributed by atoms with Crippen molar-refractivity contribution in [3.8, 4) is 0 Å². The van der Waals surface area contributed by atoms with Gasteiger partial charge < -0.3 is 9.84 Å². The van der Waals surface area contributed by atoms with Crippen LogP contribution in [0.5, 0.6) is 0 Å². The van der Waals surface area contributed by atoms with Gasteiger partial charge in [0.25, 0.3) is 0 Å². The molecular formula is C20H30O4. The largest absolute Gasteiger partial charge is 0.481 e. The van der Waals surface area contributed by atoms with Crippen LogP contribution in [0.2, 0.25) is 0 Å². The first-order chi connectivity index (χ1) is 11.5. The van der Waals surface area contributed by atoms with E-state index in [0.717, 1.165) is 11.8 Å². The van der Waals surface area contributed by atoms with E-state index in [1.807, 2.05) is 0 Å². The maximum absolute atomic E-state index is 12.2. The Morgan fingerprint density at radius 1 is 0.917 bits per heavy atom. The summed E-state index contributed by atoms with van der Waals surface area (Å²) in [6, 6.07) is 0. The number of hydrogen-bond donors (Lipinski definition) is 1. The van der Waals surface area contributed by atoms with E-state index in [9.17, 15) is 9.59 Å². The Kier molecular flexibility index (Phi) is 4.12. The number of aliphatic carboxylic acids is 1. The Morgan fingerprint density at radius 2 is 1.38 bits per heavy atom. The summed E-state index contributed by atoms with van der Waals surface area (Å²) in [5.41, 5.74) is 0. The molecule has 0 amide bonds. The Morgan fingerprint density at radius 3 is 1.75 bits per heavy atom. The number of carboxylic acid groups (broad SMARTS) is 1. The van der Waals surface area contributed by atoms with Crippen LogP contribution in [0.1, 0.15) is 58.8 Å². The van der Waals surface area contributed by atoms with Crippen LogP contribution in [-0.4, -0.2) is 23.1 Å². The van der Waals surface area contributed by atoms with Crippen molar-refractivity contribution in [1.82, 2.24) is 0 Å². The van der Waals surface area contributed by atoms with Crippen molar-refractivity contribution in [3.05, 3.63) is 0 Å². The van der Waals surface area contributed by atoms with Crippen LogP contribution in [0.3, 0.4) is 0 Å². The van der Waals surface area contributed by atoms with Crippen molar-refractivity contribution in [3.63, 3.8) is 0 Å². The van der Waals surface area contributed by atoms with E-state index in [2.05, 4.69) is 13.8 Å². The summed E-state index contributed by atoms with van der Waals surface area (Å²) in [5.74, 6) is 3.44. The zero-order valence-electron chi connectivity index (χ0n) is 14.8. The minimum absolute atomic E-state index is 0.0487. The SMILES string of the molecule is CC1C2CCC(C2)C1C(OC(=O)CC(=O)O)C1C2CCC(C2)C1C. The number of carbonyl (C=O) groups excluding carboxylic acids is 1. The Hall–Kier alpha value is -1.06. The van der Waals surface area contributed by atoms with Gasteiger partial charge in [-0.1, -0.05) is 13.8 Å². The average molecular weight is 334 g/mol. The summed E-state index contributed by atoms with van der Waals surface area (Å²) in [4.78, 5) is 23.1. The van der Waals surface area contributed by atoms with E-state index in [0.29, 0.717) is 35.5 Å². The standard InChI is InChI=1S/C20H30O4/c1-10-12-3-5-14(7-12)18(10)20(24-17(23)9-16(21)22)19-11(2)13-4-6-15(19)8-13/h10-15,18-20H,3-9H2,1-2H3,(H,21,22). The van der Waals surface area contributed by atoms with Gasteiger partial charge in [-0.25, -0.2) is 0 Å². The Bertz CT molecular complexity index is 494. The first kappa shape index (κ1) is 16.4. The summed E-state index contributed by atoms with van der Waals surface area (Å²) < 4.78 is 5.96. The number of rotatable bonds is 5. The first-order valence-electron chi connectivity index (χ1n) is 9.87. The van der Waals surface area contributed by atoms with Gasteiger partial charge in [-0.15, -0.1) is 0 Å². The predicted octanol–water partition coefficient (Wildman–Crippen LogP) is 3.74. The molecule has 0 aromatic heterocycles. The molecule has 4 fully saturated rings. The number of fused-ring (bicyclic) bond motifs is 4. The highest BCUT2D eigenvalue weighted by molar-refractivity contribution is 5.90. The summed E-state index contributed by atoms with van der Waals surface area (Å²) in [6.45, 7) is 4.68. The minimum Gasteiger partial charge on any atom is -0.481 e. The number of hydrogen-bond acceptors (Lipinski definition) is 3. The lowest BCUT2D eigenvalue weighted by atomic mass is 9.67. The van der Waals surface area contributed by atoms with E-state index >= 15 is 0 Å². The Balaban J connectivity index is 1.58. The van der Waals surface area contributed by atoms with Crippen LogP contribution in [0.15, 0.2) is 0 Å². The molecule has 4 bridgehead atoms.